The zero-order valence-electron chi connectivity index (χ0n) is 21.2. The SMILES string of the molecule is CC.CC.CC.CNCC(=O)NCC(=O)NCC(=O)NC(CCC(=O)O)C(=O)NCC(C)=O. The molecule has 33 heavy (non-hydrogen) atoms. The van der Waals surface area contributed by atoms with Crippen LogP contribution in [-0.2, 0) is 28.8 Å². The maximum Gasteiger partial charge on any atom is 0.303 e. The second-order valence-corrected chi connectivity index (χ2v) is 5.56. The summed E-state index contributed by atoms with van der Waals surface area (Å²) in [6.07, 6.45) is -0.554. The summed E-state index contributed by atoms with van der Waals surface area (Å²) in [5.74, 6) is -3.90. The highest BCUT2D eigenvalue weighted by molar-refractivity contribution is 5.92. The van der Waals surface area contributed by atoms with E-state index >= 15 is 0 Å². The molecule has 0 rings (SSSR count). The predicted octanol–water partition coefficient (Wildman–Crippen LogP) is -0.428. The molecule has 0 spiro atoms. The maximum atomic E-state index is 12.0. The van der Waals surface area contributed by atoms with E-state index in [-0.39, 0.29) is 38.3 Å². The lowest BCUT2D eigenvalue weighted by Crippen LogP contribution is -2.51. The molecule has 0 aromatic heterocycles. The molecule has 12 nitrogen and oxygen atoms in total. The molecule has 12 heteroatoms. The number of Topliss-reactive ketones (excluding diaryl/α,β-unsaturated/α-hetero) is 1. The molecule has 0 aliphatic heterocycles. The molecule has 0 bridgehead atoms. The van der Waals surface area contributed by atoms with Crippen molar-refractivity contribution in [3.63, 3.8) is 0 Å². The number of ketones is 1. The van der Waals surface area contributed by atoms with Crippen LogP contribution in [0.4, 0.5) is 0 Å². The van der Waals surface area contributed by atoms with Crippen molar-refractivity contribution in [3.8, 4) is 0 Å². The van der Waals surface area contributed by atoms with Gasteiger partial charge in [-0.1, -0.05) is 41.5 Å². The number of nitrogens with one attached hydrogen (secondary N) is 5. The Morgan fingerprint density at radius 3 is 1.58 bits per heavy atom. The lowest BCUT2D eigenvalue weighted by atomic mass is 10.1. The quantitative estimate of drug-likeness (QED) is 0.206. The minimum atomic E-state index is -1.17. The predicted molar refractivity (Wildman–Crippen MR) is 126 cm³/mol. The fourth-order valence-electron chi connectivity index (χ4n) is 1.76. The van der Waals surface area contributed by atoms with Crippen molar-refractivity contribution in [2.24, 2.45) is 0 Å². The third-order valence-electron chi connectivity index (χ3n) is 3.04. The van der Waals surface area contributed by atoms with E-state index in [0.29, 0.717) is 0 Å². The number of amides is 4. The van der Waals surface area contributed by atoms with Crippen LogP contribution in [0.25, 0.3) is 0 Å². The Hall–Kier alpha value is -3.02. The lowest BCUT2D eigenvalue weighted by molar-refractivity contribution is -0.138. The summed E-state index contributed by atoms with van der Waals surface area (Å²) in [7, 11) is 1.57. The molecule has 0 aromatic rings. The number of carboxylic acids is 1. The van der Waals surface area contributed by atoms with E-state index in [2.05, 4.69) is 26.6 Å². The Morgan fingerprint density at radius 2 is 1.15 bits per heavy atom. The Morgan fingerprint density at radius 1 is 0.697 bits per heavy atom. The van der Waals surface area contributed by atoms with Crippen LogP contribution in [0.15, 0.2) is 0 Å². The van der Waals surface area contributed by atoms with Gasteiger partial charge in [-0.2, -0.15) is 0 Å². The monoisotopic (exact) mass is 477 g/mol. The van der Waals surface area contributed by atoms with Gasteiger partial charge in [0.2, 0.25) is 23.6 Å². The summed E-state index contributed by atoms with van der Waals surface area (Å²) in [6.45, 7) is 12.3. The number of hydrogen-bond donors (Lipinski definition) is 6. The summed E-state index contributed by atoms with van der Waals surface area (Å²) in [5.41, 5.74) is 0. The molecule has 1 atom stereocenters. The van der Waals surface area contributed by atoms with Gasteiger partial charge in [-0.05, 0) is 20.4 Å². The lowest BCUT2D eigenvalue weighted by Gasteiger charge is -2.17. The zero-order chi connectivity index (χ0) is 26.8. The molecular formula is C21H43N5O7. The van der Waals surface area contributed by atoms with E-state index in [0.717, 1.165) is 0 Å². The molecule has 0 saturated carbocycles. The second kappa shape index (κ2) is 27.0. The third-order valence-corrected chi connectivity index (χ3v) is 3.04. The molecular weight excluding hydrogens is 434 g/mol. The number of carboxylic acid groups (broad SMARTS) is 1. The molecule has 0 heterocycles. The highest BCUT2D eigenvalue weighted by Gasteiger charge is 2.22. The number of likely N-dealkylation sites (N-methyl/N-ethyl adjacent to an activating group) is 1. The van der Waals surface area contributed by atoms with Crippen molar-refractivity contribution < 1.29 is 33.9 Å². The van der Waals surface area contributed by atoms with Crippen molar-refractivity contribution in [1.29, 1.82) is 0 Å². The molecule has 0 saturated heterocycles. The van der Waals surface area contributed by atoms with Crippen LogP contribution in [-0.4, -0.2) is 79.8 Å². The van der Waals surface area contributed by atoms with E-state index in [1.807, 2.05) is 41.5 Å². The van der Waals surface area contributed by atoms with Gasteiger partial charge >= 0.3 is 5.97 Å². The molecule has 1 unspecified atom stereocenters. The molecule has 0 aliphatic rings. The van der Waals surface area contributed by atoms with Crippen LogP contribution in [0, 0.1) is 0 Å². The fraction of sp³-hybridized carbons (Fsp3) is 0.714. The maximum absolute atomic E-state index is 12.0. The van der Waals surface area contributed by atoms with E-state index < -0.39 is 42.2 Å². The molecule has 194 valence electrons. The van der Waals surface area contributed by atoms with Gasteiger partial charge < -0.3 is 31.7 Å². The van der Waals surface area contributed by atoms with Crippen molar-refractivity contribution in [3.05, 3.63) is 0 Å². The fourth-order valence-corrected chi connectivity index (χ4v) is 1.76. The van der Waals surface area contributed by atoms with Gasteiger partial charge in [0.1, 0.15) is 11.8 Å². The van der Waals surface area contributed by atoms with Crippen molar-refractivity contribution in [2.45, 2.75) is 67.3 Å². The van der Waals surface area contributed by atoms with Gasteiger partial charge in [0.15, 0.2) is 0 Å². The first-order valence-electron chi connectivity index (χ1n) is 11.1. The van der Waals surface area contributed by atoms with Crippen molar-refractivity contribution >= 4 is 35.4 Å². The summed E-state index contributed by atoms with van der Waals surface area (Å²) in [4.78, 5) is 68.2. The molecule has 6 N–H and O–H groups in total. The normalized spacial score (nSPS) is 9.58. The van der Waals surface area contributed by atoms with Gasteiger partial charge in [0.05, 0.1) is 26.2 Å². The first-order chi connectivity index (χ1) is 15.6. The Bertz CT molecular complexity index is 583. The number of aliphatic carboxylic acids is 1. The summed E-state index contributed by atoms with van der Waals surface area (Å²) < 4.78 is 0. The minimum absolute atomic E-state index is 0.0361. The van der Waals surface area contributed by atoms with Gasteiger partial charge in [-0.3, -0.25) is 28.8 Å². The highest BCUT2D eigenvalue weighted by Crippen LogP contribution is 1.98. The van der Waals surface area contributed by atoms with Gasteiger partial charge in [-0.15, -0.1) is 0 Å². The van der Waals surface area contributed by atoms with Crippen molar-refractivity contribution in [1.82, 2.24) is 26.6 Å². The second-order valence-electron chi connectivity index (χ2n) is 5.56. The van der Waals surface area contributed by atoms with Crippen LogP contribution in [0.2, 0.25) is 0 Å². The standard InChI is InChI=1S/C15H25N5O7.3C2H6/c1-9(21)5-19-15(27)10(3-4-14(25)26)20-13(24)8-18-12(23)7-17-11(22)6-16-2;3*1-2/h10,16H,3-8H2,1-2H3,(H,17,22)(H,18,23)(H,19,27)(H,20,24)(H,25,26);3*1-2H3. The van der Waals surface area contributed by atoms with Crippen LogP contribution in [0.3, 0.4) is 0 Å². The van der Waals surface area contributed by atoms with Gasteiger partial charge in [0.25, 0.3) is 0 Å². The summed E-state index contributed by atoms with van der Waals surface area (Å²) >= 11 is 0. The Balaban J connectivity index is -0.000000642. The van der Waals surface area contributed by atoms with Crippen LogP contribution in [0.1, 0.15) is 61.3 Å². The van der Waals surface area contributed by atoms with E-state index in [1.165, 1.54) is 6.92 Å². The van der Waals surface area contributed by atoms with Gasteiger partial charge in [-0.25, -0.2) is 0 Å². The Kier molecular flexibility index (Phi) is 30.5. The molecule has 0 fully saturated rings. The topological polar surface area (TPSA) is 183 Å². The Labute approximate surface area is 197 Å². The average molecular weight is 478 g/mol. The smallest absolute Gasteiger partial charge is 0.303 e. The highest BCUT2D eigenvalue weighted by atomic mass is 16.4. The third kappa shape index (κ3) is 26.9. The van der Waals surface area contributed by atoms with E-state index in [9.17, 15) is 28.8 Å². The number of carbonyl (C=O) groups is 6. The number of hydrogen-bond acceptors (Lipinski definition) is 7. The first-order valence-corrected chi connectivity index (χ1v) is 11.1. The average Bonchev–Trinajstić information content (AvgIpc) is 2.81. The zero-order valence-corrected chi connectivity index (χ0v) is 21.2. The van der Waals surface area contributed by atoms with Crippen LogP contribution in [0.5, 0.6) is 0 Å². The molecule has 0 aromatic carbocycles. The largest absolute Gasteiger partial charge is 0.481 e. The van der Waals surface area contributed by atoms with Gasteiger partial charge in [0, 0.05) is 6.42 Å². The van der Waals surface area contributed by atoms with Crippen LogP contribution < -0.4 is 26.6 Å². The first kappa shape index (κ1) is 37.3. The van der Waals surface area contributed by atoms with Crippen LogP contribution >= 0.6 is 0 Å². The summed E-state index contributed by atoms with van der Waals surface area (Å²) in [6, 6.07) is -1.17. The molecule has 0 radical (unpaired) electrons. The number of carbonyl (C=O) groups excluding carboxylic acids is 5. The minimum Gasteiger partial charge on any atom is -0.481 e. The molecule has 4 amide bonds. The summed E-state index contributed by atoms with van der Waals surface area (Å²) in [5, 5.41) is 20.5. The van der Waals surface area contributed by atoms with E-state index in [4.69, 9.17) is 5.11 Å². The van der Waals surface area contributed by atoms with Crippen molar-refractivity contribution in [2.75, 3.05) is 33.2 Å². The molecule has 0 aliphatic carbocycles. The van der Waals surface area contributed by atoms with E-state index in [1.54, 1.807) is 7.05 Å². The number of rotatable bonds is 13.